The van der Waals surface area contributed by atoms with Crippen LogP contribution in [0.3, 0.4) is 0 Å². The van der Waals surface area contributed by atoms with Gasteiger partial charge in [0.2, 0.25) is 5.91 Å². The molecule has 0 saturated carbocycles. The van der Waals surface area contributed by atoms with Gasteiger partial charge in [-0.25, -0.2) is 0 Å². The Bertz CT molecular complexity index is 466. The number of piperidine rings is 1. The van der Waals surface area contributed by atoms with Crippen LogP contribution in [0.15, 0.2) is 12.3 Å². The third kappa shape index (κ3) is 5.23. The number of amides is 1. The van der Waals surface area contributed by atoms with Crippen molar-refractivity contribution in [1.29, 1.82) is 0 Å². The van der Waals surface area contributed by atoms with E-state index in [2.05, 4.69) is 15.3 Å². The first-order chi connectivity index (χ1) is 9.52. The smallest absolute Gasteiger partial charge is 0.222 e. The number of aryl methyl sites for hydroxylation is 1. The molecule has 2 heterocycles. The second-order valence-electron chi connectivity index (χ2n) is 5.65. The van der Waals surface area contributed by atoms with Gasteiger partial charge in [-0.05, 0) is 25.5 Å². The number of β-amino-alcohol motifs (C(OH)–C–C–N with tert-alkyl or cyclic N) is 1. The molecule has 21 heavy (non-hydrogen) atoms. The number of hydrogen-bond acceptors (Lipinski definition) is 4. The third-order valence-corrected chi connectivity index (χ3v) is 4.01. The van der Waals surface area contributed by atoms with Gasteiger partial charge in [0.05, 0.1) is 12.0 Å². The zero-order valence-electron chi connectivity index (χ0n) is 12.7. The minimum Gasteiger partial charge on any atom is -0.388 e. The number of rotatable bonds is 5. The van der Waals surface area contributed by atoms with Crippen LogP contribution in [0.5, 0.6) is 0 Å². The molecule has 1 amide bonds. The molecule has 1 aliphatic heterocycles. The Morgan fingerprint density at radius 2 is 2.33 bits per heavy atom. The Hall–Kier alpha value is -0.670. The normalized spacial score (nSPS) is 22.6. The molecular formula is C14H25IN4O2. The van der Waals surface area contributed by atoms with E-state index < -0.39 is 5.60 Å². The number of likely N-dealkylation sites (tertiary alicyclic amines) is 1. The molecule has 0 radical (unpaired) electrons. The summed E-state index contributed by atoms with van der Waals surface area (Å²) in [4.78, 5) is 13.7. The Labute approximate surface area is 142 Å². The summed E-state index contributed by atoms with van der Waals surface area (Å²) in [6, 6.07) is 2.01. The van der Waals surface area contributed by atoms with E-state index in [0.29, 0.717) is 13.0 Å². The van der Waals surface area contributed by atoms with Crippen LogP contribution < -0.4 is 5.32 Å². The fraction of sp³-hybridized carbons (Fsp3) is 0.714. The van der Waals surface area contributed by atoms with Crippen LogP contribution in [0.25, 0.3) is 0 Å². The van der Waals surface area contributed by atoms with Crippen LogP contribution in [-0.2, 0) is 18.3 Å². The predicted octanol–water partition coefficient (Wildman–Crippen LogP) is 0.544. The number of carbonyl (C=O) groups excluding carboxylic acids is 1. The maximum Gasteiger partial charge on any atom is 0.222 e. The summed E-state index contributed by atoms with van der Waals surface area (Å²) < 4.78 is 1.88. The van der Waals surface area contributed by atoms with E-state index >= 15 is 0 Å². The first-order valence-corrected chi connectivity index (χ1v) is 7.15. The largest absolute Gasteiger partial charge is 0.388 e. The van der Waals surface area contributed by atoms with Crippen LogP contribution in [0, 0.1) is 0 Å². The summed E-state index contributed by atoms with van der Waals surface area (Å²) in [7, 11) is 3.54. The number of aromatic nitrogens is 2. The summed E-state index contributed by atoms with van der Waals surface area (Å²) in [5.41, 5.74) is 0.301. The predicted molar refractivity (Wildman–Crippen MR) is 91.6 cm³/mol. The lowest BCUT2D eigenvalue weighted by atomic mass is 9.89. The molecule has 2 rings (SSSR count). The zero-order chi connectivity index (χ0) is 14.6. The number of nitrogens with zero attached hydrogens (tertiary/aromatic N) is 3. The standard InChI is InChI=1S/C14H24N4O2.HI/c1-15-13(19)10-14(20)6-3-8-18(11-14)9-5-12-4-7-16-17(12)2;/h4,7,20H,3,5-6,8-11H2,1-2H3,(H,15,19);1H. The van der Waals surface area contributed by atoms with Crippen LogP contribution in [0.4, 0.5) is 0 Å². The van der Waals surface area contributed by atoms with Gasteiger partial charge in [-0.1, -0.05) is 0 Å². The Morgan fingerprint density at radius 3 is 2.95 bits per heavy atom. The Balaban J connectivity index is 0.00000220. The van der Waals surface area contributed by atoms with E-state index in [9.17, 15) is 9.90 Å². The van der Waals surface area contributed by atoms with Crippen molar-refractivity contribution in [3.05, 3.63) is 18.0 Å². The summed E-state index contributed by atoms with van der Waals surface area (Å²) in [6.45, 7) is 2.43. The lowest BCUT2D eigenvalue weighted by molar-refractivity contribution is -0.128. The highest BCUT2D eigenvalue weighted by Gasteiger charge is 2.34. The molecule has 0 bridgehead atoms. The lowest BCUT2D eigenvalue weighted by Gasteiger charge is -2.38. The number of carbonyl (C=O) groups is 1. The van der Waals surface area contributed by atoms with Crippen molar-refractivity contribution in [2.45, 2.75) is 31.3 Å². The second-order valence-corrected chi connectivity index (χ2v) is 5.65. The maximum absolute atomic E-state index is 11.5. The van der Waals surface area contributed by atoms with Crippen molar-refractivity contribution in [2.75, 3.05) is 26.7 Å². The lowest BCUT2D eigenvalue weighted by Crippen LogP contribution is -2.50. The minimum absolute atomic E-state index is 0. The van der Waals surface area contributed by atoms with E-state index in [-0.39, 0.29) is 36.3 Å². The van der Waals surface area contributed by atoms with Gasteiger partial charge in [0.25, 0.3) is 0 Å². The van der Waals surface area contributed by atoms with E-state index in [4.69, 9.17) is 0 Å². The average molecular weight is 408 g/mol. The van der Waals surface area contributed by atoms with Gasteiger partial charge < -0.3 is 15.3 Å². The van der Waals surface area contributed by atoms with Crippen molar-refractivity contribution in [3.63, 3.8) is 0 Å². The summed E-state index contributed by atoms with van der Waals surface area (Å²) in [5.74, 6) is -0.0963. The third-order valence-electron chi connectivity index (χ3n) is 4.01. The molecule has 1 saturated heterocycles. The Morgan fingerprint density at radius 1 is 1.57 bits per heavy atom. The van der Waals surface area contributed by atoms with Crippen molar-refractivity contribution >= 4 is 29.9 Å². The quantitative estimate of drug-likeness (QED) is 0.699. The fourth-order valence-corrected chi connectivity index (χ4v) is 2.85. The highest BCUT2D eigenvalue weighted by molar-refractivity contribution is 14.0. The van der Waals surface area contributed by atoms with E-state index in [1.807, 2.05) is 17.8 Å². The molecule has 1 fully saturated rings. The van der Waals surface area contributed by atoms with Crippen LogP contribution >= 0.6 is 24.0 Å². The van der Waals surface area contributed by atoms with E-state index in [0.717, 1.165) is 25.9 Å². The molecule has 0 spiro atoms. The van der Waals surface area contributed by atoms with Crippen molar-refractivity contribution in [1.82, 2.24) is 20.0 Å². The summed E-state index contributed by atoms with van der Waals surface area (Å²) in [5, 5.41) is 17.3. The molecular weight excluding hydrogens is 383 g/mol. The molecule has 1 aliphatic rings. The number of nitrogens with one attached hydrogen (secondary N) is 1. The minimum atomic E-state index is -0.884. The average Bonchev–Trinajstić information content (AvgIpc) is 2.81. The first-order valence-electron chi connectivity index (χ1n) is 7.15. The molecule has 7 heteroatoms. The van der Waals surface area contributed by atoms with Crippen LogP contribution in [0.2, 0.25) is 0 Å². The van der Waals surface area contributed by atoms with E-state index in [1.54, 1.807) is 13.2 Å². The van der Waals surface area contributed by atoms with Crippen molar-refractivity contribution in [2.24, 2.45) is 7.05 Å². The molecule has 120 valence electrons. The number of aliphatic hydroxyl groups is 1. The summed E-state index contributed by atoms with van der Waals surface area (Å²) >= 11 is 0. The molecule has 2 N–H and O–H groups in total. The number of hydrogen-bond donors (Lipinski definition) is 2. The number of halogens is 1. The molecule has 1 aromatic rings. The van der Waals surface area contributed by atoms with Crippen LogP contribution in [0.1, 0.15) is 25.0 Å². The highest BCUT2D eigenvalue weighted by Crippen LogP contribution is 2.24. The van der Waals surface area contributed by atoms with Gasteiger partial charge in [0.15, 0.2) is 0 Å². The molecule has 1 aromatic heterocycles. The van der Waals surface area contributed by atoms with Crippen molar-refractivity contribution in [3.8, 4) is 0 Å². The first kappa shape index (κ1) is 18.4. The monoisotopic (exact) mass is 408 g/mol. The molecule has 6 nitrogen and oxygen atoms in total. The molecule has 1 atom stereocenters. The van der Waals surface area contributed by atoms with Crippen molar-refractivity contribution < 1.29 is 9.90 Å². The molecule has 1 unspecified atom stereocenters. The fourth-order valence-electron chi connectivity index (χ4n) is 2.85. The molecule has 0 aromatic carbocycles. The van der Waals surface area contributed by atoms with E-state index in [1.165, 1.54) is 5.69 Å². The maximum atomic E-state index is 11.5. The topological polar surface area (TPSA) is 70.4 Å². The Kier molecular flexibility index (Phi) is 7.08. The molecule has 0 aliphatic carbocycles. The van der Waals surface area contributed by atoms with Gasteiger partial charge in [0.1, 0.15) is 0 Å². The van der Waals surface area contributed by atoms with Gasteiger partial charge in [-0.3, -0.25) is 9.48 Å². The SMILES string of the molecule is CNC(=O)CC1(O)CCCN(CCc2ccnn2C)C1.I. The second kappa shape index (κ2) is 8.09. The van der Waals surface area contributed by atoms with Gasteiger partial charge in [-0.2, -0.15) is 5.10 Å². The highest BCUT2D eigenvalue weighted by atomic mass is 127. The van der Waals surface area contributed by atoms with Gasteiger partial charge in [0, 0.05) is 45.5 Å². The zero-order valence-corrected chi connectivity index (χ0v) is 15.0. The summed E-state index contributed by atoms with van der Waals surface area (Å²) in [6.07, 6.45) is 4.52. The van der Waals surface area contributed by atoms with Gasteiger partial charge >= 0.3 is 0 Å². The van der Waals surface area contributed by atoms with Gasteiger partial charge in [-0.15, -0.1) is 24.0 Å². The van der Waals surface area contributed by atoms with Crippen LogP contribution in [-0.4, -0.2) is 58.0 Å².